The molecular weight excluding hydrogens is 418 g/mol. The molecular formula is C22H24ClN5OS. The molecule has 0 saturated carbocycles. The summed E-state index contributed by atoms with van der Waals surface area (Å²) < 4.78 is 1.96. The molecule has 0 unspecified atom stereocenters. The van der Waals surface area contributed by atoms with Crippen molar-refractivity contribution in [1.29, 1.82) is 0 Å². The molecule has 0 aliphatic rings. The lowest BCUT2D eigenvalue weighted by Gasteiger charge is -2.19. The summed E-state index contributed by atoms with van der Waals surface area (Å²) in [6, 6.07) is 11.7. The number of hydrogen-bond acceptors (Lipinski definition) is 5. The number of benzene rings is 1. The highest BCUT2D eigenvalue weighted by atomic mass is 35.5. The summed E-state index contributed by atoms with van der Waals surface area (Å²) in [6.45, 7) is 10.9. The Balaban J connectivity index is 1.73. The molecule has 1 aromatic carbocycles. The maximum atomic E-state index is 12.3. The molecule has 0 bridgehead atoms. The lowest BCUT2D eigenvalue weighted by atomic mass is 9.87. The summed E-state index contributed by atoms with van der Waals surface area (Å²) in [5, 5.41) is 12.6. The normalized spacial score (nSPS) is 11.3. The van der Waals surface area contributed by atoms with Crippen LogP contribution in [0.4, 0.5) is 5.82 Å². The van der Waals surface area contributed by atoms with Crippen LogP contribution >= 0.6 is 23.4 Å². The van der Waals surface area contributed by atoms with Crippen molar-refractivity contribution in [3.63, 3.8) is 0 Å². The molecule has 0 atom stereocenters. The Labute approximate surface area is 185 Å². The van der Waals surface area contributed by atoms with E-state index in [9.17, 15) is 4.79 Å². The molecule has 1 N–H and O–H groups in total. The first kappa shape index (κ1) is 22.1. The number of thioether (sulfide) groups is 1. The number of nitrogens with zero attached hydrogens (tertiary/aromatic N) is 4. The fourth-order valence-corrected chi connectivity index (χ4v) is 3.64. The van der Waals surface area contributed by atoms with Crippen molar-refractivity contribution in [2.75, 3.05) is 11.1 Å². The average Bonchev–Trinajstić information content (AvgIpc) is 3.10. The largest absolute Gasteiger partial charge is 0.310 e. The highest BCUT2D eigenvalue weighted by Crippen LogP contribution is 2.28. The van der Waals surface area contributed by atoms with Crippen LogP contribution < -0.4 is 5.32 Å². The molecule has 30 heavy (non-hydrogen) atoms. The SMILES string of the molecule is C=CCn1c(SCC(=O)Nc2ccc(Cl)cn2)nnc1-c1ccc(C(C)(C)C)cc1. The van der Waals surface area contributed by atoms with Crippen molar-refractivity contribution in [1.82, 2.24) is 19.7 Å². The lowest BCUT2D eigenvalue weighted by molar-refractivity contribution is -0.113. The zero-order valence-electron chi connectivity index (χ0n) is 17.2. The molecule has 0 aliphatic carbocycles. The maximum Gasteiger partial charge on any atom is 0.236 e. The molecule has 2 heterocycles. The van der Waals surface area contributed by atoms with Gasteiger partial charge < -0.3 is 5.32 Å². The van der Waals surface area contributed by atoms with E-state index in [1.165, 1.54) is 23.5 Å². The fourth-order valence-electron chi connectivity index (χ4n) is 2.78. The minimum absolute atomic E-state index is 0.0840. The van der Waals surface area contributed by atoms with Gasteiger partial charge in [0.25, 0.3) is 0 Å². The van der Waals surface area contributed by atoms with E-state index in [-0.39, 0.29) is 17.1 Å². The van der Waals surface area contributed by atoms with Crippen molar-refractivity contribution in [2.45, 2.75) is 37.9 Å². The predicted molar refractivity (Wildman–Crippen MR) is 123 cm³/mol. The third kappa shape index (κ3) is 5.49. The summed E-state index contributed by atoms with van der Waals surface area (Å²) in [5.41, 5.74) is 2.31. The monoisotopic (exact) mass is 441 g/mol. The van der Waals surface area contributed by atoms with Crippen LogP contribution in [0.2, 0.25) is 5.02 Å². The van der Waals surface area contributed by atoms with Crippen LogP contribution in [-0.2, 0) is 16.8 Å². The topological polar surface area (TPSA) is 72.7 Å². The number of allylic oxidation sites excluding steroid dienone is 1. The van der Waals surface area contributed by atoms with Crippen molar-refractivity contribution in [2.24, 2.45) is 0 Å². The molecule has 0 radical (unpaired) electrons. The molecule has 0 saturated heterocycles. The van der Waals surface area contributed by atoms with Crippen LogP contribution in [-0.4, -0.2) is 31.4 Å². The van der Waals surface area contributed by atoms with Crippen molar-refractivity contribution < 1.29 is 4.79 Å². The number of pyridine rings is 1. The van der Waals surface area contributed by atoms with Gasteiger partial charge in [-0.1, -0.05) is 74.5 Å². The zero-order chi connectivity index (χ0) is 21.7. The first-order valence-electron chi connectivity index (χ1n) is 9.47. The second-order valence-electron chi connectivity index (χ2n) is 7.73. The van der Waals surface area contributed by atoms with Crippen molar-refractivity contribution in [3.05, 3.63) is 65.8 Å². The molecule has 6 nitrogen and oxygen atoms in total. The molecule has 0 fully saturated rings. The smallest absolute Gasteiger partial charge is 0.236 e. The van der Waals surface area contributed by atoms with E-state index in [0.29, 0.717) is 22.5 Å². The van der Waals surface area contributed by atoms with Gasteiger partial charge in [0.15, 0.2) is 11.0 Å². The van der Waals surface area contributed by atoms with Gasteiger partial charge >= 0.3 is 0 Å². The van der Waals surface area contributed by atoms with E-state index in [4.69, 9.17) is 11.6 Å². The Hall–Kier alpha value is -2.64. The third-order valence-electron chi connectivity index (χ3n) is 4.36. The molecule has 2 aromatic heterocycles. The highest BCUT2D eigenvalue weighted by molar-refractivity contribution is 7.99. The van der Waals surface area contributed by atoms with Crippen LogP contribution in [0.5, 0.6) is 0 Å². The second kappa shape index (κ2) is 9.45. The van der Waals surface area contributed by atoms with Gasteiger partial charge in [0.1, 0.15) is 5.82 Å². The van der Waals surface area contributed by atoms with E-state index in [1.54, 1.807) is 18.2 Å². The van der Waals surface area contributed by atoms with E-state index in [0.717, 1.165) is 11.4 Å². The number of aromatic nitrogens is 4. The maximum absolute atomic E-state index is 12.3. The van der Waals surface area contributed by atoms with Gasteiger partial charge in [0.2, 0.25) is 5.91 Å². The molecule has 3 aromatic rings. The number of nitrogens with one attached hydrogen (secondary N) is 1. The van der Waals surface area contributed by atoms with E-state index in [2.05, 4.69) is 72.1 Å². The molecule has 8 heteroatoms. The number of amides is 1. The van der Waals surface area contributed by atoms with Crippen LogP contribution in [0, 0.1) is 0 Å². The molecule has 3 rings (SSSR count). The number of halogens is 1. The van der Waals surface area contributed by atoms with Gasteiger partial charge in [0, 0.05) is 18.3 Å². The predicted octanol–water partition coefficient (Wildman–Crippen LogP) is 5.21. The zero-order valence-corrected chi connectivity index (χ0v) is 18.8. The van der Waals surface area contributed by atoms with Crippen LogP contribution in [0.1, 0.15) is 26.3 Å². The fraction of sp³-hybridized carbons (Fsp3) is 0.273. The Morgan fingerprint density at radius 2 is 1.93 bits per heavy atom. The molecule has 0 aliphatic heterocycles. The van der Waals surface area contributed by atoms with Crippen LogP contribution in [0.3, 0.4) is 0 Å². The minimum Gasteiger partial charge on any atom is -0.310 e. The van der Waals surface area contributed by atoms with Crippen LogP contribution in [0.15, 0.2) is 60.4 Å². The average molecular weight is 442 g/mol. The first-order valence-corrected chi connectivity index (χ1v) is 10.8. The van der Waals surface area contributed by atoms with Gasteiger partial charge in [-0.2, -0.15) is 0 Å². The van der Waals surface area contributed by atoms with Crippen LogP contribution in [0.25, 0.3) is 11.4 Å². The summed E-state index contributed by atoms with van der Waals surface area (Å²) in [6.07, 6.45) is 3.28. The molecule has 156 valence electrons. The molecule has 0 spiro atoms. The summed E-state index contributed by atoms with van der Waals surface area (Å²) in [5.74, 6) is 1.21. The number of rotatable bonds is 7. The van der Waals surface area contributed by atoms with Crippen molar-refractivity contribution >= 4 is 35.1 Å². The Bertz CT molecular complexity index is 1020. The minimum atomic E-state index is -0.181. The van der Waals surface area contributed by atoms with E-state index < -0.39 is 0 Å². The van der Waals surface area contributed by atoms with E-state index in [1.807, 2.05) is 4.57 Å². The Morgan fingerprint density at radius 3 is 2.53 bits per heavy atom. The number of carbonyl (C=O) groups excluding carboxylic acids is 1. The molecule has 1 amide bonds. The highest BCUT2D eigenvalue weighted by Gasteiger charge is 2.17. The summed E-state index contributed by atoms with van der Waals surface area (Å²) >= 11 is 7.13. The third-order valence-corrected chi connectivity index (χ3v) is 5.56. The van der Waals surface area contributed by atoms with Crippen molar-refractivity contribution in [3.8, 4) is 11.4 Å². The van der Waals surface area contributed by atoms with Gasteiger partial charge in [-0.3, -0.25) is 9.36 Å². The Kier molecular flexibility index (Phi) is 6.95. The number of carbonyl (C=O) groups is 1. The van der Waals surface area contributed by atoms with Gasteiger partial charge in [-0.15, -0.1) is 16.8 Å². The number of hydrogen-bond donors (Lipinski definition) is 1. The Morgan fingerprint density at radius 1 is 1.20 bits per heavy atom. The van der Waals surface area contributed by atoms with Gasteiger partial charge in [-0.05, 0) is 23.1 Å². The van der Waals surface area contributed by atoms with Gasteiger partial charge in [-0.25, -0.2) is 4.98 Å². The quantitative estimate of drug-likeness (QED) is 0.402. The first-order chi connectivity index (χ1) is 14.3. The van der Waals surface area contributed by atoms with Gasteiger partial charge in [0.05, 0.1) is 10.8 Å². The number of anilines is 1. The summed E-state index contributed by atoms with van der Waals surface area (Å²) in [7, 11) is 0. The summed E-state index contributed by atoms with van der Waals surface area (Å²) in [4.78, 5) is 16.3. The van der Waals surface area contributed by atoms with E-state index >= 15 is 0 Å². The standard InChI is InChI=1S/C22H24ClN5OS/c1-5-12-28-20(15-6-8-16(9-7-15)22(2,3)4)26-27-21(28)30-14-19(29)25-18-11-10-17(23)13-24-18/h5-11,13H,1,12,14H2,2-4H3,(H,24,25,29). The second-order valence-corrected chi connectivity index (χ2v) is 9.11. The lowest BCUT2D eigenvalue weighted by Crippen LogP contribution is -2.15.